The molecular weight excluding hydrogens is 442 g/mol. The van der Waals surface area contributed by atoms with Crippen molar-refractivity contribution >= 4 is 17.7 Å². The predicted octanol–water partition coefficient (Wildman–Crippen LogP) is 1.94. The summed E-state index contributed by atoms with van der Waals surface area (Å²) in [4.78, 5) is 48.3. The van der Waals surface area contributed by atoms with Gasteiger partial charge < -0.3 is 14.8 Å². The Morgan fingerprint density at radius 2 is 1.82 bits per heavy atom. The van der Waals surface area contributed by atoms with Crippen molar-refractivity contribution in [2.45, 2.75) is 6.92 Å². The van der Waals surface area contributed by atoms with E-state index in [-0.39, 0.29) is 17.4 Å². The van der Waals surface area contributed by atoms with Gasteiger partial charge in [0.05, 0.1) is 24.3 Å². The molecule has 0 fully saturated rings. The third kappa shape index (κ3) is 4.96. The zero-order valence-electron chi connectivity index (χ0n) is 18.4. The lowest BCUT2D eigenvalue weighted by Gasteiger charge is -2.09. The van der Waals surface area contributed by atoms with Crippen LogP contribution in [0.2, 0.25) is 0 Å². The SMILES string of the molecule is CC(=O)Oc1ncc(C(=O)Nc2ccc(Oc3ccnc(-c4cnn(C)c4)c3)cn2)c(=O)n1C. The number of nitrogens with one attached hydrogen (secondary N) is 1. The Hall–Kier alpha value is -4.87. The van der Waals surface area contributed by atoms with E-state index in [4.69, 9.17) is 9.47 Å². The van der Waals surface area contributed by atoms with Gasteiger partial charge in [-0.1, -0.05) is 0 Å². The van der Waals surface area contributed by atoms with Crippen LogP contribution in [0.5, 0.6) is 17.5 Å². The van der Waals surface area contributed by atoms with Crippen LogP contribution in [0.3, 0.4) is 0 Å². The number of hydrogen-bond donors (Lipinski definition) is 1. The lowest BCUT2D eigenvalue weighted by molar-refractivity contribution is -0.132. The molecule has 12 heteroatoms. The molecule has 4 heterocycles. The van der Waals surface area contributed by atoms with E-state index in [0.717, 1.165) is 16.3 Å². The largest absolute Gasteiger partial charge is 0.456 e. The topological polar surface area (TPSA) is 143 Å². The van der Waals surface area contributed by atoms with Crippen molar-refractivity contribution in [2.24, 2.45) is 14.1 Å². The van der Waals surface area contributed by atoms with E-state index in [0.29, 0.717) is 17.2 Å². The summed E-state index contributed by atoms with van der Waals surface area (Å²) >= 11 is 0. The van der Waals surface area contributed by atoms with Crippen molar-refractivity contribution < 1.29 is 19.1 Å². The van der Waals surface area contributed by atoms with Gasteiger partial charge in [-0.15, -0.1) is 0 Å². The van der Waals surface area contributed by atoms with E-state index < -0.39 is 17.4 Å². The quantitative estimate of drug-likeness (QED) is 0.426. The molecule has 4 rings (SSSR count). The van der Waals surface area contributed by atoms with Crippen LogP contribution >= 0.6 is 0 Å². The molecule has 1 amide bonds. The third-order valence-electron chi connectivity index (χ3n) is 4.55. The van der Waals surface area contributed by atoms with Crippen LogP contribution < -0.4 is 20.3 Å². The number of anilines is 1. The van der Waals surface area contributed by atoms with Gasteiger partial charge in [0.1, 0.15) is 22.9 Å². The molecule has 0 bridgehead atoms. The Morgan fingerprint density at radius 3 is 2.50 bits per heavy atom. The minimum Gasteiger partial charge on any atom is -0.456 e. The van der Waals surface area contributed by atoms with Gasteiger partial charge in [0.25, 0.3) is 11.5 Å². The molecule has 0 saturated carbocycles. The molecule has 4 aromatic rings. The normalized spacial score (nSPS) is 10.6. The Labute approximate surface area is 192 Å². The number of esters is 1. The lowest BCUT2D eigenvalue weighted by Crippen LogP contribution is -2.30. The summed E-state index contributed by atoms with van der Waals surface area (Å²) in [5, 5.41) is 6.66. The number of pyridine rings is 2. The van der Waals surface area contributed by atoms with Crippen LogP contribution in [-0.2, 0) is 18.9 Å². The van der Waals surface area contributed by atoms with Crippen LogP contribution in [-0.4, -0.2) is 41.2 Å². The second-order valence-electron chi connectivity index (χ2n) is 7.13. The molecule has 34 heavy (non-hydrogen) atoms. The highest BCUT2D eigenvalue weighted by atomic mass is 16.5. The summed E-state index contributed by atoms with van der Waals surface area (Å²) in [6.07, 6.45) is 7.65. The van der Waals surface area contributed by atoms with Crippen molar-refractivity contribution in [3.8, 4) is 28.8 Å². The molecule has 4 aromatic heterocycles. The Bertz CT molecular complexity index is 1430. The zero-order valence-corrected chi connectivity index (χ0v) is 18.4. The van der Waals surface area contributed by atoms with Crippen LogP contribution in [0.25, 0.3) is 11.3 Å². The minimum absolute atomic E-state index is 0.203. The van der Waals surface area contributed by atoms with Crippen molar-refractivity contribution in [3.05, 3.63) is 71.2 Å². The number of nitrogens with zero attached hydrogens (tertiary/aromatic N) is 6. The summed E-state index contributed by atoms with van der Waals surface area (Å²) < 4.78 is 13.3. The highest BCUT2D eigenvalue weighted by Gasteiger charge is 2.17. The van der Waals surface area contributed by atoms with Crippen LogP contribution in [0.4, 0.5) is 5.82 Å². The maximum Gasteiger partial charge on any atom is 0.310 e. The minimum atomic E-state index is -0.709. The van der Waals surface area contributed by atoms with Crippen LogP contribution in [0, 0.1) is 0 Å². The number of ether oxygens (including phenoxy) is 2. The molecule has 0 radical (unpaired) electrons. The summed E-state index contributed by atoms with van der Waals surface area (Å²) in [5.41, 5.74) is 0.647. The summed E-state index contributed by atoms with van der Waals surface area (Å²) in [6, 6.07) is 6.41. The van der Waals surface area contributed by atoms with Crippen molar-refractivity contribution in [3.63, 3.8) is 0 Å². The van der Waals surface area contributed by atoms with Gasteiger partial charge in [0, 0.05) is 45.0 Å². The second kappa shape index (κ2) is 9.32. The molecule has 0 atom stereocenters. The Kier molecular flexibility index (Phi) is 6.12. The summed E-state index contributed by atoms with van der Waals surface area (Å²) in [7, 11) is 3.16. The predicted molar refractivity (Wildman–Crippen MR) is 119 cm³/mol. The van der Waals surface area contributed by atoms with Gasteiger partial charge in [-0.2, -0.15) is 5.10 Å². The van der Waals surface area contributed by atoms with E-state index in [1.54, 1.807) is 35.3 Å². The molecule has 12 nitrogen and oxygen atoms in total. The standard InChI is InChI=1S/C22H19N7O5/c1-13(30)33-22-25-11-17(21(32)29(22)3)20(31)27-19-5-4-16(10-24-19)34-15-6-7-23-18(8-15)14-9-26-28(2)12-14/h4-12H,1-3H3,(H,24,27,31). The maximum absolute atomic E-state index is 12.5. The van der Waals surface area contributed by atoms with Gasteiger partial charge in [0.2, 0.25) is 0 Å². The highest BCUT2D eigenvalue weighted by molar-refractivity contribution is 6.03. The second-order valence-corrected chi connectivity index (χ2v) is 7.13. The van der Waals surface area contributed by atoms with Crippen molar-refractivity contribution in [1.29, 1.82) is 0 Å². The molecule has 1 N–H and O–H groups in total. The molecule has 0 saturated heterocycles. The number of carbonyl (C=O) groups excluding carboxylic acids is 2. The molecule has 0 aliphatic heterocycles. The third-order valence-corrected chi connectivity index (χ3v) is 4.55. The number of rotatable bonds is 6. The number of hydrogen-bond acceptors (Lipinski definition) is 9. The number of aryl methyl sites for hydroxylation is 1. The van der Waals surface area contributed by atoms with Gasteiger partial charge in [-0.25, -0.2) is 9.97 Å². The molecular formula is C22H19N7O5. The van der Waals surface area contributed by atoms with Crippen LogP contribution in [0.15, 0.2) is 60.0 Å². The number of amides is 1. The van der Waals surface area contributed by atoms with Crippen molar-refractivity contribution in [2.75, 3.05) is 5.32 Å². The number of aromatic nitrogens is 6. The zero-order chi connectivity index (χ0) is 24.2. The fourth-order valence-electron chi connectivity index (χ4n) is 2.93. The first-order valence-corrected chi connectivity index (χ1v) is 9.95. The van der Waals surface area contributed by atoms with Gasteiger partial charge >= 0.3 is 12.0 Å². The molecule has 0 spiro atoms. The molecule has 0 aliphatic rings. The molecule has 0 aliphatic carbocycles. The monoisotopic (exact) mass is 461 g/mol. The average molecular weight is 461 g/mol. The Balaban J connectivity index is 1.44. The molecule has 172 valence electrons. The van der Waals surface area contributed by atoms with E-state index >= 15 is 0 Å². The average Bonchev–Trinajstić information content (AvgIpc) is 3.24. The first-order valence-electron chi connectivity index (χ1n) is 9.95. The first kappa shape index (κ1) is 22.3. The first-order chi connectivity index (χ1) is 16.3. The lowest BCUT2D eigenvalue weighted by atomic mass is 10.2. The van der Waals surface area contributed by atoms with Gasteiger partial charge in [0.15, 0.2) is 0 Å². The Morgan fingerprint density at radius 1 is 1.00 bits per heavy atom. The van der Waals surface area contributed by atoms with Gasteiger partial charge in [-0.05, 0) is 18.2 Å². The fraction of sp³-hybridized carbons (Fsp3) is 0.136. The summed E-state index contributed by atoms with van der Waals surface area (Å²) in [5.74, 6) is -0.154. The van der Waals surface area contributed by atoms with Crippen molar-refractivity contribution in [1.82, 2.24) is 29.3 Å². The maximum atomic E-state index is 12.5. The van der Waals surface area contributed by atoms with E-state index in [9.17, 15) is 14.4 Å². The fourth-order valence-corrected chi connectivity index (χ4v) is 2.93. The smallest absolute Gasteiger partial charge is 0.310 e. The molecule has 0 unspecified atom stereocenters. The van der Waals surface area contributed by atoms with Crippen LogP contribution in [0.1, 0.15) is 17.3 Å². The van der Waals surface area contributed by atoms with E-state index in [2.05, 4.69) is 25.4 Å². The number of carbonyl (C=O) groups is 2. The molecule has 0 aromatic carbocycles. The van der Waals surface area contributed by atoms with Gasteiger partial charge in [-0.3, -0.25) is 28.6 Å². The van der Waals surface area contributed by atoms with E-state index in [1.807, 2.05) is 13.2 Å². The highest BCUT2D eigenvalue weighted by Crippen LogP contribution is 2.25. The van der Waals surface area contributed by atoms with E-state index in [1.165, 1.54) is 26.2 Å². The summed E-state index contributed by atoms with van der Waals surface area (Å²) in [6.45, 7) is 1.18.